The van der Waals surface area contributed by atoms with Crippen molar-refractivity contribution in [2.45, 2.75) is 18.3 Å². The Morgan fingerprint density at radius 3 is 2.66 bits per heavy atom. The van der Waals surface area contributed by atoms with Gasteiger partial charge >= 0.3 is 6.36 Å². The summed E-state index contributed by atoms with van der Waals surface area (Å²) < 4.78 is 51.0. The first-order valence-electron chi connectivity index (χ1n) is 8.55. The number of pyridine rings is 1. The molecule has 1 aromatic carbocycles. The summed E-state index contributed by atoms with van der Waals surface area (Å²) in [5.74, 6) is -0.209. The first-order chi connectivity index (χ1) is 13.9. The Bertz CT molecular complexity index is 1010. The lowest BCUT2D eigenvalue weighted by Crippen LogP contribution is -2.50. The van der Waals surface area contributed by atoms with E-state index in [0.717, 1.165) is 11.5 Å². The fraction of sp³-hybridized carbons (Fsp3) is 0.211. The Balaban J connectivity index is 1.77. The van der Waals surface area contributed by atoms with Gasteiger partial charge in [0.2, 0.25) is 0 Å². The van der Waals surface area contributed by atoms with Crippen molar-refractivity contribution in [2.75, 3.05) is 6.61 Å². The van der Waals surface area contributed by atoms with Crippen molar-refractivity contribution >= 4 is 17.4 Å². The first kappa shape index (κ1) is 19.2. The lowest BCUT2D eigenvalue weighted by atomic mass is 9.81. The largest absolute Gasteiger partial charge is 0.573 e. The van der Waals surface area contributed by atoms with Crippen molar-refractivity contribution in [3.63, 3.8) is 0 Å². The Hall–Kier alpha value is -3.14. The monoisotopic (exact) mass is 421 g/mol. The minimum absolute atomic E-state index is 0.294. The molecule has 0 saturated heterocycles. The summed E-state index contributed by atoms with van der Waals surface area (Å²) in [6.45, 7) is 0.294. The number of carbonyl (C=O) groups is 1. The zero-order valence-corrected chi connectivity index (χ0v) is 15.6. The van der Waals surface area contributed by atoms with Crippen LogP contribution in [-0.2, 0) is 5.54 Å². The third-order valence-corrected chi connectivity index (χ3v) is 5.22. The highest BCUT2D eigenvalue weighted by molar-refractivity contribution is 7.08. The average molecular weight is 421 g/mol. The van der Waals surface area contributed by atoms with Crippen molar-refractivity contribution in [1.29, 1.82) is 0 Å². The number of aromatic nitrogens is 2. The van der Waals surface area contributed by atoms with E-state index in [9.17, 15) is 18.0 Å². The fourth-order valence-electron chi connectivity index (χ4n) is 3.26. The molecule has 0 fully saturated rings. The molecule has 1 aliphatic rings. The van der Waals surface area contributed by atoms with Gasteiger partial charge in [0.25, 0.3) is 5.91 Å². The summed E-state index contributed by atoms with van der Waals surface area (Å²) in [4.78, 5) is 17.6. The molecule has 0 bridgehead atoms. The average Bonchev–Trinajstić information content (AvgIpc) is 3.22. The Morgan fingerprint density at radius 2 is 1.97 bits per heavy atom. The summed E-state index contributed by atoms with van der Waals surface area (Å²) in [6.07, 6.45) is -1.35. The van der Waals surface area contributed by atoms with Gasteiger partial charge in [-0.15, -0.1) is 13.2 Å². The van der Waals surface area contributed by atoms with E-state index < -0.39 is 11.9 Å². The zero-order valence-electron chi connectivity index (χ0n) is 14.8. The predicted molar refractivity (Wildman–Crippen MR) is 97.8 cm³/mol. The van der Waals surface area contributed by atoms with Crippen LogP contribution in [0.15, 0.2) is 54.9 Å². The molecule has 1 amide bonds. The van der Waals surface area contributed by atoms with E-state index >= 15 is 0 Å². The maximum atomic E-state index is 12.8. The summed E-state index contributed by atoms with van der Waals surface area (Å²) in [7, 11) is 0. The fourth-order valence-corrected chi connectivity index (χ4v) is 3.76. The van der Waals surface area contributed by atoms with Crippen LogP contribution in [0.3, 0.4) is 0 Å². The number of hydrogen-bond acceptors (Lipinski definition) is 6. The van der Waals surface area contributed by atoms with Gasteiger partial charge < -0.3 is 14.8 Å². The first-order valence-corrected chi connectivity index (χ1v) is 9.32. The van der Waals surface area contributed by atoms with Crippen LogP contribution in [0.2, 0.25) is 0 Å². The molecule has 1 atom stereocenters. The third kappa shape index (κ3) is 3.88. The van der Waals surface area contributed by atoms with E-state index in [1.54, 1.807) is 24.4 Å². The topological polar surface area (TPSA) is 73.3 Å². The highest BCUT2D eigenvalue weighted by Crippen LogP contribution is 2.41. The van der Waals surface area contributed by atoms with Crippen molar-refractivity contribution in [3.05, 3.63) is 71.0 Å². The number of halogens is 3. The number of benzene rings is 1. The van der Waals surface area contributed by atoms with Crippen LogP contribution in [0.1, 0.15) is 27.3 Å². The van der Waals surface area contributed by atoms with Crippen LogP contribution in [0, 0.1) is 0 Å². The molecule has 6 nitrogen and oxygen atoms in total. The number of carbonyl (C=O) groups excluding carboxylic acids is 1. The number of nitrogens with zero attached hydrogens (tertiary/aromatic N) is 2. The van der Waals surface area contributed by atoms with E-state index in [2.05, 4.69) is 19.4 Å². The molecular formula is C19H14F3N3O3S. The SMILES string of the molecule is O=C(N[C@]1(c2ccc(OC(F)(F)F)cc2)CCOc2cccnc21)c1ccns1. The van der Waals surface area contributed by atoms with E-state index in [4.69, 9.17) is 4.74 Å². The maximum Gasteiger partial charge on any atom is 0.573 e. The molecule has 4 rings (SSSR count). The normalized spacial score (nSPS) is 18.4. The zero-order chi connectivity index (χ0) is 20.5. The molecule has 0 spiro atoms. The molecule has 0 aliphatic carbocycles. The number of amides is 1. The molecule has 2 aromatic heterocycles. The van der Waals surface area contributed by atoms with Gasteiger partial charge in [-0.2, -0.15) is 0 Å². The van der Waals surface area contributed by atoms with Crippen LogP contribution in [-0.4, -0.2) is 28.2 Å². The molecule has 0 saturated carbocycles. The van der Waals surface area contributed by atoms with E-state index in [1.165, 1.54) is 30.5 Å². The Labute approximate surface area is 167 Å². The minimum atomic E-state index is -4.79. The van der Waals surface area contributed by atoms with Crippen LogP contribution in [0.4, 0.5) is 13.2 Å². The summed E-state index contributed by atoms with van der Waals surface area (Å²) in [5, 5.41) is 3.00. The van der Waals surface area contributed by atoms with Gasteiger partial charge in [-0.05, 0) is 47.4 Å². The van der Waals surface area contributed by atoms with Crippen LogP contribution in [0.5, 0.6) is 11.5 Å². The molecule has 150 valence electrons. The summed E-state index contributed by atoms with van der Waals surface area (Å²) in [5.41, 5.74) is -0.0334. The molecule has 3 heterocycles. The lowest BCUT2D eigenvalue weighted by Gasteiger charge is -2.38. The van der Waals surface area contributed by atoms with Gasteiger partial charge in [0, 0.05) is 18.8 Å². The number of rotatable bonds is 4. The van der Waals surface area contributed by atoms with E-state index in [-0.39, 0.29) is 11.7 Å². The van der Waals surface area contributed by atoms with Crippen molar-refractivity contribution in [1.82, 2.24) is 14.7 Å². The van der Waals surface area contributed by atoms with Crippen LogP contribution >= 0.6 is 11.5 Å². The van der Waals surface area contributed by atoms with Gasteiger partial charge in [0.05, 0.1) is 6.61 Å². The quantitative estimate of drug-likeness (QED) is 0.692. The van der Waals surface area contributed by atoms with Gasteiger partial charge in [-0.1, -0.05) is 12.1 Å². The number of fused-ring (bicyclic) bond motifs is 1. The number of nitrogens with one attached hydrogen (secondary N) is 1. The van der Waals surface area contributed by atoms with Crippen molar-refractivity contribution in [3.8, 4) is 11.5 Å². The minimum Gasteiger partial charge on any atom is -0.491 e. The molecule has 29 heavy (non-hydrogen) atoms. The standard InChI is InChI=1S/C19H14F3N3O3S/c20-19(21,22)28-13-5-3-12(4-6-13)18(25-17(26)15-7-10-24-29-15)8-11-27-14-2-1-9-23-16(14)18/h1-7,9-10H,8,11H2,(H,25,26)/t18-/m0/s1. The second kappa shape index (κ2) is 7.36. The predicted octanol–water partition coefficient (Wildman–Crippen LogP) is 3.89. The van der Waals surface area contributed by atoms with Gasteiger partial charge in [-0.3, -0.25) is 9.78 Å². The lowest BCUT2D eigenvalue weighted by molar-refractivity contribution is -0.274. The molecule has 0 unspecified atom stereocenters. The second-order valence-electron chi connectivity index (χ2n) is 6.26. The number of alkyl halides is 3. The maximum absolute atomic E-state index is 12.8. The number of ether oxygens (including phenoxy) is 2. The van der Waals surface area contributed by atoms with Crippen LogP contribution in [0.25, 0.3) is 0 Å². The molecule has 1 N–H and O–H groups in total. The molecule has 10 heteroatoms. The summed E-state index contributed by atoms with van der Waals surface area (Å²) >= 11 is 1.04. The van der Waals surface area contributed by atoms with Crippen molar-refractivity contribution in [2.24, 2.45) is 0 Å². The number of hydrogen-bond donors (Lipinski definition) is 1. The van der Waals surface area contributed by atoms with Gasteiger partial charge in [0.15, 0.2) is 0 Å². The smallest absolute Gasteiger partial charge is 0.491 e. The van der Waals surface area contributed by atoms with Crippen molar-refractivity contribution < 1.29 is 27.4 Å². The van der Waals surface area contributed by atoms with E-state index in [1.807, 2.05) is 0 Å². The second-order valence-corrected chi connectivity index (χ2v) is 7.09. The van der Waals surface area contributed by atoms with Gasteiger partial charge in [0.1, 0.15) is 27.6 Å². The Morgan fingerprint density at radius 1 is 1.17 bits per heavy atom. The molecule has 1 aliphatic heterocycles. The molecular weight excluding hydrogens is 407 g/mol. The molecule has 0 radical (unpaired) electrons. The van der Waals surface area contributed by atoms with Gasteiger partial charge in [-0.25, -0.2) is 4.37 Å². The molecule has 3 aromatic rings. The highest BCUT2D eigenvalue weighted by atomic mass is 32.1. The van der Waals surface area contributed by atoms with E-state index in [0.29, 0.717) is 34.9 Å². The third-order valence-electron chi connectivity index (χ3n) is 4.48. The Kier molecular flexibility index (Phi) is 4.87. The highest BCUT2D eigenvalue weighted by Gasteiger charge is 2.43. The summed E-state index contributed by atoms with van der Waals surface area (Å²) in [6, 6.07) is 10.4. The van der Waals surface area contributed by atoms with Crippen LogP contribution < -0.4 is 14.8 Å².